The molecular formula is C13H22N2O3S. The lowest BCUT2D eigenvalue weighted by Gasteiger charge is -2.11. The van der Waals surface area contributed by atoms with Gasteiger partial charge in [0.2, 0.25) is 10.0 Å². The van der Waals surface area contributed by atoms with Crippen molar-refractivity contribution in [3.05, 3.63) is 24.3 Å². The van der Waals surface area contributed by atoms with Crippen molar-refractivity contribution in [1.29, 1.82) is 0 Å². The molecule has 1 aromatic rings. The average Bonchev–Trinajstić information content (AvgIpc) is 2.31. The summed E-state index contributed by atoms with van der Waals surface area (Å²) >= 11 is 0. The lowest BCUT2D eigenvalue weighted by Crippen LogP contribution is -2.26. The van der Waals surface area contributed by atoms with Crippen molar-refractivity contribution in [3.8, 4) is 5.75 Å². The smallest absolute Gasteiger partial charge is 0.233 e. The van der Waals surface area contributed by atoms with E-state index >= 15 is 0 Å². The lowest BCUT2D eigenvalue weighted by molar-refractivity contribution is 0.242. The summed E-state index contributed by atoms with van der Waals surface area (Å²) in [5, 5.41) is 2.98. The van der Waals surface area contributed by atoms with Gasteiger partial charge in [-0.15, -0.1) is 0 Å². The predicted molar refractivity (Wildman–Crippen MR) is 78.2 cm³/mol. The minimum atomic E-state index is -3.30. The largest absolute Gasteiger partial charge is 0.491 e. The first-order chi connectivity index (χ1) is 8.93. The summed E-state index contributed by atoms with van der Waals surface area (Å²) in [4.78, 5) is 0. The summed E-state index contributed by atoms with van der Waals surface area (Å²) in [5.74, 6) is 0.788. The van der Waals surface area contributed by atoms with Crippen molar-refractivity contribution in [2.45, 2.75) is 26.9 Å². The molecule has 108 valence electrons. The molecule has 0 aliphatic heterocycles. The molecule has 6 heteroatoms. The molecule has 0 saturated heterocycles. The van der Waals surface area contributed by atoms with Crippen LogP contribution in [0.15, 0.2) is 24.3 Å². The van der Waals surface area contributed by atoms with E-state index in [-0.39, 0.29) is 11.9 Å². The first-order valence-corrected chi connectivity index (χ1v) is 8.06. The number of rotatable bonds is 8. The van der Waals surface area contributed by atoms with Crippen LogP contribution in [0, 0.1) is 0 Å². The molecule has 0 amide bonds. The molecule has 0 spiro atoms. The van der Waals surface area contributed by atoms with Crippen molar-refractivity contribution in [3.63, 3.8) is 0 Å². The van der Waals surface area contributed by atoms with E-state index in [1.54, 1.807) is 24.3 Å². The van der Waals surface area contributed by atoms with Crippen LogP contribution in [0.4, 0.5) is 5.69 Å². The van der Waals surface area contributed by atoms with E-state index in [4.69, 9.17) is 4.74 Å². The fraction of sp³-hybridized carbons (Fsp3) is 0.538. The molecule has 19 heavy (non-hydrogen) atoms. The number of sulfonamides is 1. The molecule has 1 aromatic carbocycles. The van der Waals surface area contributed by atoms with E-state index in [1.165, 1.54) is 0 Å². The second-order valence-corrected chi connectivity index (χ2v) is 6.31. The van der Waals surface area contributed by atoms with Crippen molar-refractivity contribution in [2.75, 3.05) is 23.6 Å². The highest BCUT2D eigenvalue weighted by molar-refractivity contribution is 7.92. The highest BCUT2D eigenvalue weighted by atomic mass is 32.2. The summed E-state index contributed by atoms with van der Waals surface area (Å²) in [6, 6.07) is 6.90. The van der Waals surface area contributed by atoms with Gasteiger partial charge in [-0.2, -0.15) is 0 Å². The molecule has 5 nitrogen and oxygen atoms in total. The molecule has 0 fully saturated rings. The molecule has 0 atom stereocenters. The maximum atomic E-state index is 11.8. The maximum Gasteiger partial charge on any atom is 0.233 e. The molecule has 0 radical (unpaired) electrons. The first-order valence-electron chi connectivity index (χ1n) is 6.41. The maximum absolute atomic E-state index is 11.8. The molecule has 2 N–H and O–H groups in total. The zero-order valence-corrected chi connectivity index (χ0v) is 12.5. The van der Waals surface area contributed by atoms with E-state index in [9.17, 15) is 8.42 Å². The average molecular weight is 286 g/mol. The highest BCUT2D eigenvalue weighted by Gasteiger charge is 2.09. The standard InChI is InChI=1S/C13H22N2O3S/c1-4-14-9-10-19(16,17)15-12-5-7-13(8-6-12)18-11(2)3/h5-8,11,14-15H,4,9-10H2,1-3H3. The third-order valence-electron chi connectivity index (χ3n) is 2.30. The van der Waals surface area contributed by atoms with Crippen molar-refractivity contribution < 1.29 is 13.2 Å². The van der Waals surface area contributed by atoms with Crippen LogP contribution < -0.4 is 14.8 Å². The predicted octanol–water partition coefficient (Wildman–Crippen LogP) is 1.82. The van der Waals surface area contributed by atoms with Gasteiger partial charge >= 0.3 is 0 Å². The van der Waals surface area contributed by atoms with Gasteiger partial charge in [0.05, 0.1) is 11.9 Å². The molecule has 0 aromatic heterocycles. The Kier molecular flexibility index (Phi) is 6.11. The van der Waals surface area contributed by atoms with Gasteiger partial charge in [0.15, 0.2) is 0 Å². The molecule has 0 aliphatic carbocycles. The number of nitrogens with one attached hydrogen (secondary N) is 2. The third-order valence-corrected chi connectivity index (χ3v) is 3.59. The minimum Gasteiger partial charge on any atom is -0.491 e. The van der Waals surface area contributed by atoms with Gasteiger partial charge in [-0.3, -0.25) is 4.72 Å². The van der Waals surface area contributed by atoms with Gasteiger partial charge < -0.3 is 10.1 Å². The zero-order valence-electron chi connectivity index (χ0n) is 11.6. The van der Waals surface area contributed by atoms with Crippen LogP contribution in [0.25, 0.3) is 0 Å². The fourth-order valence-electron chi connectivity index (χ4n) is 1.49. The topological polar surface area (TPSA) is 67.4 Å². The summed E-state index contributed by atoms with van der Waals surface area (Å²) < 4.78 is 31.5. The summed E-state index contributed by atoms with van der Waals surface area (Å²) in [6.07, 6.45) is 0.0997. The Hall–Kier alpha value is -1.27. The molecular weight excluding hydrogens is 264 g/mol. The molecule has 0 heterocycles. The van der Waals surface area contributed by atoms with Crippen LogP contribution in [0.5, 0.6) is 5.75 Å². The molecule has 0 unspecified atom stereocenters. The number of hydrogen-bond acceptors (Lipinski definition) is 4. The normalized spacial score (nSPS) is 11.6. The molecule has 0 aliphatic rings. The van der Waals surface area contributed by atoms with Crippen molar-refractivity contribution in [2.24, 2.45) is 0 Å². The van der Waals surface area contributed by atoms with Gasteiger partial charge in [0, 0.05) is 12.2 Å². The monoisotopic (exact) mass is 286 g/mol. The zero-order chi connectivity index (χ0) is 14.3. The van der Waals surface area contributed by atoms with E-state index in [2.05, 4.69) is 10.0 Å². The first kappa shape index (κ1) is 15.8. The van der Waals surface area contributed by atoms with Gasteiger partial charge in [0.1, 0.15) is 5.75 Å². The summed E-state index contributed by atoms with van der Waals surface area (Å²) in [6.45, 7) is 7.03. The quantitative estimate of drug-likeness (QED) is 0.715. The molecule has 0 saturated carbocycles. The fourth-order valence-corrected chi connectivity index (χ4v) is 2.50. The summed E-state index contributed by atoms with van der Waals surface area (Å²) in [7, 11) is -3.30. The van der Waals surface area contributed by atoms with Crippen LogP contribution in [0.1, 0.15) is 20.8 Å². The Morgan fingerprint density at radius 1 is 1.21 bits per heavy atom. The van der Waals surface area contributed by atoms with Gasteiger partial charge in [0.25, 0.3) is 0 Å². The Bertz CT molecular complexity index is 469. The van der Waals surface area contributed by atoms with E-state index < -0.39 is 10.0 Å². The van der Waals surface area contributed by atoms with Crippen LogP contribution >= 0.6 is 0 Å². The number of ether oxygens (including phenoxy) is 1. The Labute approximate surface area is 115 Å². The van der Waals surface area contributed by atoms with E-state index in [0.717, 1.165) is 12.3 Å². The Balaban J connectivity index is 2.57. The van der Waals surface area contributed by atoms with Gasteiger partial charge in [-0.1, -0.05) is 6.92 Å². The Morgan fingerprint density at radius 2 is 1.84 bits per heavy atom. The van der Waals surface area contributed by atoms with E-state index in [1.807, 2.05) is 20.8 Å². The lowest BCUT2D eigenvalue weighted by atomic mass is 10.3. The Morgan fingerprint density at radius 3 is 2.37 bits per heavy atom. The SMILES string of the molecule is CCNCCS(=O)(=O)Nc1ccc(OC(C)C)cc1. The minimum absolute atomic E-state index is 0.0606. The van der Waals surface area contributed by atoms with Crippen LogP contribution in [-0.2, 0) is 10.0 Å². The van der Waals surface area contributed by atoms with Crippen LogP contribution in [0.2, 0.25) is 0 Å². The third kappa shape index (κ3) is 6.45. The van der Waals surface area contributed by atoms with Crippen molar-refractivity contribution >= 4 is 15.7 Å². The molecule has 0 bridgehead atoms. The number of benzene rings is 1. The second kappa shape index (κ2) is 7.35. The van der Waals surface area contributed by atoms with Gasteiger partial charge in [-0.25, -0.2) is 8.42 Å². The second-order valence-electron chi connectivity index (χ2n) is 4.47. The van der Waals surface area contributed by atoms with Crippen molar-refractivity contribution in [1.82, 2.24) is 5.32 Å². The van der Waals surface area contributed by atoms with Crippen LogP contribution in [-0.4, -0.2) is 33.4 Å². The number of anilines is 1. The van der Waals surface area contributed by atoms with E-state index in [0.29, 0.717) is 12.2 Å². The highest BCUT2D eigenvalue weighted by Crippen LogP contribution is 2.17. The number of hydrogen-bond donors (Lipinski definition) is 2. The van der Waals surface area contributed by atoms with Gasteiger partial charge in [-0.05, 0) is 44.7 Å². The molecule has 1 rings (SSSR count). The van der Waals surface area contributed by atoms with Crippen LogP contribution in [0.3, 0.4) is 0 Å². The summed E-state index contributed by atoms with van der Waals surface area (Å²) in [5.41, 5.74) is 0.549.